The Morgan fingerprint density at radius 1 is 1.06 bits per heavy atom. The first kappa shape index (κ1) is 11.4. The number of hydrogen-bond donors (Lipinski definition) is 2. The van der Waals surface area contributed by atoms with Crippen LogP contribution in [0.1, 0.15) is 0 Å². The second-order valence-electron chi connectivity index (χ2n) is 3.22. The fourth-order valence-electron chi connectivity index (χ4n) is 1.55. The highest BCUT2D eigenvalue weighted by molar-refractivity contribution is 7.85. The summed E-state index contributed by atoms with van der Waals surface area (Å²) in [7, 11) is -3.56. The molecule has 0 aromatic heterocycles. The monoisotopic (exact) mass is 256 g/mol. The van der Waals surface area contributed by atoms with Crippen molar-refractivity contribution < 1.29 is 17.6 Å². The van der Waals surface area contributed by atoms with Crippen LogP contribution in [0.3, 0.4) is 0 Å². The van der Waals surface area contributed by atoms with Crippen LogP contribution in [0.2, 0.25) is 0 Å². The van der Waals surface area contributed by atoms with E-state index in [1.165, 1.54) is 0 Å². The molecule has 0 aliphatic rings. The van der Waals surface area contributed by atoms with Gasteiger partial charge in [-0.15, -0.1) is 4.28 Å². The van der Waals surface area contributed by atoms with E-state index in [0.29, 0.717) is 5.39 Å². The molecule has 0 saturated carbocycles. The Bertz CT molecular complexity index is 605. The van der Waals surface area contributed by atoms with Crippen molar-refractivity contribution in [3.63, 3.8) is 0 Å². The van der Waals surface area contributed by atoms with E-state index in [1.807, 2.05) is 18.2 Å². The molecule has 0 aliphatic heterocycles. The molecule has 0 saturated heterocycles. The van der Waals surface area contributed by atoms with Gasteiger partial charge in [-0.25, -0.2) is 0 Å². The second kappa shape index (κ2) is 4.42. The SMILES string of the molecule is O=S(=O)([NH2+]OS)c1cccc2ccccc12. The molecular formula is C10H10NO3S2+. The third-order valence-corrected chi connectivity index (χ3v) is 3.79. The zero-order valence-electron chi connectivity index (χ0n) is 8.20. The first-order valence-corrected chi connectivity index (χ1v) is 6.42. The number of fused-ring (bicyclic) bond motifs is 1. The minimum atomic E-state index is -3.56. The van der Waals surface area contributed by atoms with E-state index in [-0.39, 0.29) is 4.90 Å². The maximum absolute atomic E-state index is 11.8. The number of nitrogens with two attached hydrogens (primary N) is 1. The lowest BCUT2D eigenvalue weighted by Gasteiger charge is -2.03. The highest BCUT2D eigenvalue weighted by Crippen LogP contribution is 2.20. The summed E-state index contributed by atoms with van der Waals surface area (Å²) in [6, 6.07) is 12.4. The van der Waals surface area contributed by atoms with Crippen molar-refractivity contribution >= 4 is 33.7 Å². The van der Waals surface area contributed by atoms with Gasteiger partial charge in [0.25, 0.3) is 0 Å². The molecule has 0 spiro atoms. The molecule has 0 aliphatic carbocycles. The average molecular weight is 256 g/mol. The molecule has 6 heteroatoms. The van der Waals surface area contributed by atoms with Crippen LogP contribution in [0, 0.1) is 0 Å². The van der Waals surface area contributed by atoms with Crippen LogP contribution in [0.4, 0.5) is 0 Å². The Morgan fingerprint density at radius 2 is 1.75 bits per heavy atom. The molecule has 2 N–H and O–H groups in total. The van der Waals surface area contributed by atoms with Crippen molar-refractivity contribution in [2.45, 2.75) is 4.90 Å². The van der Waals surface area contributed by atoms with E-state index in [9.17, 15) is 8.42 Å². The number of thiol groups is 1. The minimum absolute atomic E-state index is 0.222. The van der Waals surface area contributed by atoms with Gasteiger partial charge in [0.15, 0.2) is 0 Å². The summed E-state index contributed by atoms with van der Waals surface area (Å²) in [5, 5.41) is 1.54. The Balaban J connectivity index is 2.70. The van der Waals surface area contributed by atoms with Crippen molar-refractivity contribution in [2.24, 2.45) is 0 Å². The molecule has 0 unspecified atom stereocenters. The molecule has 0 radical (unpaired) electrons. The van der Waals surface area contributed by atoms with Gasteiger partial charge in [-0.05, 0) is 11.5 Å². The number of primary sulfonamides is 1. The Kier molecular flexibility index (Phi) is 3.15. The second-order valence-corrected chi connectivity index (χ2v) is 5.16. The van der Waals surface area contributed by atoms with Gasteiger partial charge in [0.05, 0.1) is 0 Å². The van der Waals surface area contributed by atoms with Crippen molar-refractivity contribution in [2.75, 3.05) is 0 Å². The zero-order valence-corrected chi connectivity index (χ0v) is 9.91. The first-order chi connectivity index (χ1) is 7.65. The quantitative estimate of drug-likeness (QED) is 0.486. The average Bonchev–Trinajstić information content (AvgIpc) is 2.28. The van der Waals surface area contributed by atoms with Crippen LogP contribution in [-0.2, 0) is 14.3 Å². The molecule has 16 heavy (non-hydrogen) atoms. The lowest BCUT2D eigenvalue weighted by Crippen LogP contribution is -2.84. The third kappa shape index (κ3) is 2.05. The van der Waals surface area contributed by atoms with E-state index < -0.39 is 10.0 Å². The summed E-state index contributed by atoms with van der Waals surface area (Å²) in [4.78, 5) is 0.942. The maximum Gasteiger partial charge on any atom is 0.355 e. The molecule has 2 aromatic carbocycles. The van der Waals surface area contributed by atoms with Crippen LogP contribution in [0.25, 0.3) is 10.8 Å². The minimum Gasteiger partial charge on any atom is -0.166 e. The largest absolute Gasteiger partial charge is 0.355 e. The van der Waals surface area contributed by atoms with Crippen LogP contribution in [-0.4, -0.2) is 8.42 Å². The zero-order chi connectivity index (χ0) is 11.6. The molecule has 0 heterocycles. The van der Waals surface area contributed by atoms with Gasteiger partial charge in [0, 0.05) is 18.3 Å². The summed E-state index contributed by atoms with van der Waals surface area (Å²) in [5.41, 5.74) is 0. The third-order valence-electron chi connectivity index (χ3n) is 2.23. The van der Waals surface area contributed by atoms with E-state index >= 15 is 0 Å². The van der Waals surface area contributed by atoms with E-state index in [4.69, 9.17) is 0 Å². The molecule has 0 atom stereocenters. The van der Waals surface area contributed by atoms with Crippen LogP contribution in [0.5, 0.6) is 0 Å². The molecule has 2 rings (SSSR count). The van der Waals surface area contributed by atoms with Crippen LogP contribution in [0.15, 0.2) is 47.4 Å². The molecule has 0 fully saturated rings. The lowest BCUT2D eigenvalue weighted by molar-refractivity contribution is -0.730. The van der Waals surface area contributed by atoms with Gasteiger partial charge in [-0.2, -0.15) is 8.42 Å². The number of sulfonamides is 1. The highest BCUT2D eigenvalue weighted by atomic mass is 32.2. The number of hydrogen-bond acceptors (Lipinski definition) is 4. The molecule has 0 amide bonds. The van der Waals surface area contributed by atoms with Gasteiger partial charge in [0.1, 0.15) is 4.90 Å². The molecule has 84 valence electrons. The Morgan fingerprint density at radius 3 is 2.50 bits per heavy atom. The van der Waals surface area contributed by atoms with Crippen LogP contribution >= 0.6 is 12.9 Å². The fraction of sp³-hybridized carbons (Fsp3) is 0. The van der Waals surface area contributed by atoms with E-state index in [0.717, 1.165) is 10.3 Å². The Hall–Kier alpha value is -1.08. The smallest absolute Gasteiger partial charge is 0.166 e. The molecule has 2 aromatic rings. The molecule has 4 nitrogen and oxygen atoms in total. The molecule has 0 bridgehead atoms. The van der Waals surface area contributed by atoms with Crippen molar-refractivity contribution in [1.82, 2.24) is 0 Å². The van der Waals surface area contributed by atoms with Gasteiger partial charge >= 0.3 is 10.0 Å². The lowest BCUT2D eigenvalue weighted by atomic mass is 10.1. The summed E-state index contributed by atoms with van der Waals surface area (Å²) in [6.45, 7) is 0. The Labute approximate surface area is 98.9 Å². The summed E-state index contributed by atoms with van der Waals surface area (Å²) in [5.74, 6) is 0. The number of rotatable bonds is 3. The number of quaternary nitrogens is 1. The van der Waals surface area contributed by atoms with Crippen molar-refractivity contribution in [3.05, 3.63) is 42.5 Å². The van der Waals surface area contributed by atoms with Crippen LogP contribution < -0.4 is 4.89 Å². The number of benzene rings is 2. The summed E-state index contributed by atoms with van der Waals surface area (Å²) in [6.07, 6.45) is 0. The van der Waals surface area contributed by atoms with Gasteiger partial charge < -0.3 is 0 Å². The van der Waals surface area contributed by atoms with E-state index in [1.54, 1.807) is 24.3 Å². The fourth-order valence-corrected chi connectivity index (χ4v) is 2.87. The maximum atomic E-state index is 11.8. The van der Waals surface area contributed by atoms with Gasteiger partial charge in [-0.1, -0.05) is 41.3 Å². The first-order valence-electron chi connectivity index (χ1n) is 4.51. The summed E-state index contributed by atoms with van der Waals surface area (Å²) >= 11 is 3.42. The van der Waals surface area contributed by atoms with Gasteiger partial charge in [0.2, 0.25) is 0 Å². The highest BCUT2D eigenvalue weighted by Gasteiger charge is 2.20. The standard InChI is InChI=1S/C10H9NO3S2/c12-16(13,11-14-15)10-7-3-5-8-4-1-2-6-9(8)10/h1-7,11,15H/p+1. The predicted octanol–water partition coefficient (Wildman–Crippen LogP) is 0.868. The van der Waals surface area contributed by atoms with Crippen molar-refractivity contribution in [1.29, 1.82) is 0 Å². The summed E-state index contributed by atoms with van der Waals surface area (Å²) < 4.78 is 27.9. The predicted molar refractivity (Wildman–Crippen MR) is 63.1 cm³/mol. The topological polar surface area (TPSA) is 60.0 Å². The van der Waals surface area contributed by atoms with Gasteiger partial charge in [-0.3, -0.25) is 0 Å². The molecular weight excluding hydrogens is 246 g/mol. The normalized spacial score (nSPS) is 11.8. The van der Waals surface area contributed by atoms with E-state index in [2.05, 4.69) is 17.2 Å². The van der Waals surface area contributed by atoms with Crippen molar-refractivity contribution in [3.8, 4) is 0 Å².